The molecular weight excluding hydrogens is 376 g/mol. The Kier molecular flexibility index (Phi) is 6.74. The van der Waals surface area contributed by atoms with E-state index in [0.29, 0.717) is 36.7 Å². The van der Waals surface area contributed by atoms with Crippen LogP contribution in [0.3, 0.4) is 0 Å². The van der Waals surface area contributed by atoms with Gasteiger partial charge in [-0.1, -0.05) is 62.4 Å². The average Bonchev–Trinajstić information content (AvgIpc) is 2.71. The normalized spacial score (nSPS) is 36.0. The number of fused-ring (bicyclic) bond motifs is 1. The van der Waals surface area contributed by atoms with Crippen LogP contribution in [0.2, 0.25) is 0 Å². The van der Waals surface area contributed by atoms with Crippen molar-refractivity contribution in [3.05, 3.63) is 59.7 Å². The van der Waals surface area contributed by atoms with Crippen LogP contribution in [0.1, 0.15) is 51.5 Å². The van der Waals surface area contributed by atoms with Gasteiger partial charge in [-0.25, -0.2) is 0 Å². The predicted molar refractivity (Wildman–Crippen MR) is 117 cm³/mol. The van der Waals surface area contributed by atoms with E-state index < -0.39 is 6.10 Å². The van der Waals surface area contributed by atoms with Gasteiger partial charge in [0.15, 0.2) is 0 Å². The first kappa shape index (κ1) is 21.3. The number of hydrogen-bond acceptors (Lipinski definition) is 4. The monoisotopic (exact) mass is 410 g/mol. The maximum Gasteiger partial charge on any atom is 0.308 e. The summed E-state index contributed by atoms with van der Waals surface area (Å²) in [4.78, 5) is 11.7. The van der Waals surface area contributed by atoms with Crippen LogP contribution in [0.25, 0.3) is 0 Å². The molecule has 1 heterocycles. The van der Waals surface area contributed by atoms with Gasteiger partial charge in [0.05, 0.1) is 25.2 Å². The number of carbonyl (C=O) groups excluding carboxylic acids is 1. The van der Waals surface area contributed by atoms with Gasteiger partial charge in [0, 0.05) is 12.3 Å². The lowest BCUT2D eigenvalue weighted by Crippen LogP contribution is -2.40. The van der Waals surface area contributed by atoms with E-state index in [1.165, 1.54) is 11.1 Å². The zero-order valence-corrected chi connectivity index (χ0v) is 18.1. The van der Waals surface area contributed by atoms with Gasteiger partial charge in [0.2, 0.25) is 0 Å². The summed E-state index contributed by atoms with van der Waals surface area (Å²) in [5.41, 5.74) is 2.61. The molecule has 7 atom stereocenters. The highest BCUT2D eigenvalue weighted by Gasteiger charge is 2.40. The first-order valence-electron chi connectivity index (χ1n) is 11.4. The third-order valence-electron chi connectivity index (χ3n) is 6.96. The zero-order chi connectivity index (χ0) is 21.1. The molecule has 4 rings (SSSR count). The number of aliphatic hydroxyl groups excluding tert-OH is 1. The lowest BCUT2D eigenvalue weighted by atomic mass is 9.65. The molecule has 2 aliphatic carbocycles. The number of rotatable bonds is 6. The Labute approximate surface area is 180 Å². The quantitative estimate of drug-likeness (QED) is 0.683. The van der Waals surface area contributed by atoms with Gasteiger partial charge in [-0.2, -0.15) is 0 Å². The molecule has 162 valence electrons. The molecule has 1 aliphatic heterocycles. The van der Waals surface area contributed by atoms with Crippen LogP contribution in [0.4, 0.5) is 0 Å². The Bertz CT molecular complexity index is 783. The number of cyclic esters (lactones) is 1. The largest absolute Gasteiger partial charge is 0.462 e. The first-order chi connectivity index (χ1) is 14.5. The minimum absolute atomic E-state index is 0.127. The Balaban J connectivity index is 1.46. The summed E-state index contributed by atoms with van der Waals surface area (Å²) in [6, 6.07) is 10.4. The molecular formula is C26H34O4. The highest BCUT2D eigenvalue weighted by molar-refractivity contribution is 5.70. The highest BCUT2D eigenvalue weighted by Crippen LogP contribution is 2.45. The molecule has 1 aromatic rings. The second-order valence-electron chi connectivity index (χ2n) is 9.41. The molecule has 4 heteroatoms. The standard InChI is InChI=1S/C26H34O4/c1-17-12-20-9-8-18(2)23(11-10-22-14-21(27)15-25(28)30-22)26(20)24(13-17)29-16-19-6-4-3-5-7-19/h3-9,12,17-18,21-24,26-27H,10-11,13-16H2,1-2H3/t17-,18-,21+,22+,23-,24-,26-/m0/s1. The molecule has 30 heavy (non-hydrogen) atoms. The van der Waals surface area contributed by atoms with Crippen LogP contribution in [-0.2, 0) is 20.9 Å². The van der Waals surface area contributed by atoms with Gasteiger partial charge in [-0.3, -0.25) is 4.79 Å². The Hall–Kier alpha value is -1.91. The molecule has 0 unspecified atom stereocenters. The molecule has 0 radical (unpaired) electrons. The van der Waals surface area contributed by atoms with Crippen molar-refractivity contribution < 1.29 is 19.4 Å². The van der Waals surface area contributed by atoms with Crippen LogP contribution in [0.15, 0.2) is 54.1 Å². The fourth-order valence-corrected chi connectivity index (χ4v) is 5.47. The van der Waals surface area contributed by atoms with E-state index in [1.54, 1.807) is 0 Å². The van der Waals surface area contributed by atoms with Crippen LogP contribution in [0, 0.1) is 23.7 Å². The molecule has 3 aliphatic rings. The van der Waals surface area contributed by atoms with E-state index in [-0.39, 0.29) is 24.6 Å². The smallest absolute Gasteiger partial charge is 0.308 e. The van der Waals surface area contributed by atoms with Crippen LogP contribution >= 0.6 is 0 Å². The van der Waals surface area contributed by atoms with Crippen molar-refractivity contribution in [2.45, 2.75) is 70.9 Å². The molecule has 1 aromatic carbocycles. The summed E-state index contributed by atoms with van der Waals surface area (Å²) in [5.74, 6) is 1.51. The molecule has 1 fully saturated rings. The second-order valence-corrected chi connectivity index (χ2v) is 9.41. The Morgan fingerprint density at radius 1 is 1.13 bits per heavy atom. The first-order valence-corrected chi connectivity index (χ1v) is 11.4. The number of allylic oxidation sites excluding steroid dienone is 3. The van der Waals surface area contributed by atoms with E-state index in [1.807, 2.05) is 6.07 Å². The van der Waals surface area contributed by atoms with Gasteiger partial charge in [0.1, 0.15) is 6.10 Å². The third kappa shape index (κ3) is 5.04. The molecule has 1 N–H and O–H groups in total. The molecule has 0 spiro atoms. The number of aliphatic hydroxyl groups is 1. The number of ether oxygens (including phenoxy) is 2. The van der Waals surface area contributed by atoms with E-state index in [9.17, 15) is 9.90 Å². The molecule has 0 saturated carbocycles. The summed E-state index contributed by atoms with van der Waals surface area (Å²) in [5, 5.41) is 9.93. The lowest BCUT2D eigenvalue weighted by Gasteiger charge is -2.43. The third-order valence-corrected chi connectivity index (χ3v) is 6.96. The van der Waals surface area contributed by atoms with Crippen LogP contribution in [0.5, 0.6) is 0 Å². The van der Waals surface area contributed by atoms with Crippen molar-refractivity contribution in [3.63, 3.8) is 0 Å². The van der Waals surface area contributed by atoms with Crippen LogP contribution < -0.4 is 0 Å². The van der Waals surface area contributed by atoms with Crippen molar-refractivity contribution in [3.8, 4) is 0 Å². The summed E-state index contributed by atoms with van der Waals surface area (Å²) in [6.45, 7) is 5.19. The topological polar surface area (TPSA) is 55.8 Å². The molecule has 0 amide bonds. The SMILES string of the molecule is C[C@H]1C=C2C=C[C@H](C)[C@H](CC[C@@H]3C[C@@H](O)CC(=O)O3)[C@H]2[C@@H](OCc2ccccc2)C1. The number of carbonyl (C=O) groups is 1. The summed E-state index contributed by atoms with van der Waals surface area (Å²) < 4.78 is 12.0. The van der Waals surface area contributed by atoms with Crippen molar-refractivity contribution in [1.29, 1.82) is 0 Å². The molecule has 4 nitrogen and oxygen atoms in total. The van der Waals surface area contributed by atoms with Gasteiger partial charge < -0.3 is 14.6 Å². The highest BCUT2D eigenvalue weighted by atomic mass is 16.5. The Morgan fingerprint density at radius 3 is 2.70 bits per heavy atom. The van der Waals surface area contributed by atoms with E-state index in [4.69, 9.17) is 9.47 Å². The summed E-state index contributed by atoms with van der Waals surface area (Å²) in [7, 11) is 0. The lowest BCUT2D eigenvalue weighted by molar-refractivity contribution is -0.160. The predicted octanol–water partition coefficient (Wildman–Crippen LogP) is 4.82. The van der Waals surface area contributed by atoms with E-state index in [2.05, 4.69) is 56.3 Å². The van der Waals surface area contributed by atoms with E-state index in [0.717, 1.165) is 19.3 Å². The number of hydrogen-bond donors (Lipinski definition) is 1. The van der Waals surface area contributed by atoms with Gasteiger partial charge >= 0.3 is 5.97 Å². The van der Waals surface area contributed by atoms with Gasteiger partial charge in [-0.05, 0) is 48.2 Å². The Morgan fingerprint density at radius 2 is 1.93 bits per heavy atom. The average molecular weight is 411 g/mol. The molecule has 1 saturated heterocycles. The molecule has 0 bridgehead atoms. The maximum absolute atomic E-state index is 11.7. The van der Waals surface area contributed by atoms with Crippen molar-refractivity contribution >= 4 is 5.97 Å². The zero-order valence-electron chi connectivity index (χ0n) is 18.1. The van der Waals surface area contributed by atoms with Crippen molar-refractivity contribution in [1.82, 2.24) is 0 Å². The maximum atomic E-state index is 11.7. The minimum atomic E-state index is -0.562. The fourth-order valence-electron chi connectivity index (χ4n) is 5.47. The minimum Gasteiger partial charge on any atom is -0.462 e. The summed E-state index contributed by atoms with van der Waals surface area (Å²) >= 11 is 0. The number of esters is 1. The number of benzene rings is 1. The molecule has 0 aromatic heterocycles. The second kappa shape index (κ2) is 9.49. The fraction of sp³-hybridized carbons (Fsp3) is 0.577. The van der Waals surface area contributed by atoms with Gasteiger partial charge in [0.25, 0.3) is 0 Å². The van der Waals surface area contributed by atoms with Crippen LogP contribution in [-0.4, -0.2) is 29.4 Å². The summed E-state index contributed by atoms with van der Waals surface area (Å²) in [6.07, 6.45) is 9.98. The van der Waals surface area contributed by atoms with Crippen molar-refractivity contribution in [2.24, 2.45) is 23.7 Å². The van der Waals surface area contributed by atoms with Gasteiger partial charge in [-0.15, -0.1) is 0 Å². The van der Waals surface area contributed by atoms with Crippen molar-refractivity contribution in [2.75, 3.05) is 0 Å². The van der Waals surface area contributed by atoms with E-state index >= 15 is 0 Å².